The van der Waals surface area contributed by atoms with Gasteiger partial charge in [-0.2, -0.15) is 0 Å². The van der Waals surface area contributed by atoms with Crippen LogP contribution in [0.4, 0.5) is 17.3 Å². The maximum Gasteiger partial charge on any atom is 0.152 e. The van der Waals surface area contributed by atoms with E-state index in [2.05, 4.69) is 49.1 Å². The van der Waals surface area contributed by atoms with Crippen LogP contribution in [0, 0.1) is 13.8 Å². The van der Waals surface area contributed by atoms with E-state index in [-0.39, 0.29) is 0 Å². The van der Waals surface area contributed by atoms with Crippen LogP contribution in [-0.2, 0) is 6.42 Å². The largest absolute Gasteiger partial charge is 0.491 e. The number of pyridine rings is 2. The van der Waals surface area contributed by atoms with Crippen molar-refractivity contribution in [2.75, 3.05) is 11.5 Å². The molecule has 0 amide bonds. The molecule has 4 nitrogen and oxygen atoms in total. The van der Waals surface area contributed by atoms with E-state index in [4.69, 9.17) is 14.7 Å². The number of hydrogen-bond acceptors (Lipinski definition) is 5. The summed E-state index contributed by atoms with van der Waals surface area (Å²) < 4.78 is 6.08. The molecule has 0 saturated carbocycles. The van der Waals surface area contributed by atoms with E-state index in [1.165, 1.54) is 5.56 Å². The maximum atomic E-state index is 6.08. The van der Waals surface area contributed by atoms with Crippen molar-refractivity contribution in [3.63, 3.8) is 0 Å². The average Bonchev–Trinajstić information content (AvgIpc) is 2.65. The molecule has 2 aliphatic rings. The summed E-state index contributed by atoms with van der Waals surface area (Å²) in [5.41, 5.74) is 4.60. The van der Waals surface area contributed by atoms with Crippen molar-refractivity contribution in [3.8, 4) is 5.75 Å². The Morgan fingerprint density at radius 3 is 2.38 bits per heavy atom. The van der Waals surface area contributed by atoms with Crippen LogP contribution in [0.1, 0.15) is 23.1 Å². The van der Waals surface area contributed by atoms with Gasteiger partial charge in [0.2, 0.25) is 0 Å². The van der Waals surface area contributed by atoms with Gasteiger partial charge in [0.15, 0.2) is 11.6 Å². The SMILES string of the molecule is Cc1cnc2c(c1)Sc1cc(C)cnc1N2c1cccc2c1OCCC2. The third-order valence-corrected chi connectivity index (χ3v) is 5.78. The minimum Gasteiger partial charge on any atom is -0.491 e. The standard InChI is InChI=1S/C21H19N3OS/c1-13-9-17-20(22-11-13)24(21-18(26-17)10-14(2)12-23-21)16-7-3-5-15-6-4-8-25-19(15)16/h3,5,7,9-12H,4,6,8H2,1-2H3. The summed E-state index contributed by atoms with van der Waals surface area (Å²) in [5.74, 6) is 2.81. The monoisotopic (exact) mass is 361 g/mol. The molecule has 26 heavy (non-hydrogen) atoms. The highest BCUT2D eigenvalue weighted by Crippen LogP contribution is 2.52. The predicted molar refractivity (Wildman–Crippen MR) is 104 cm³/mol. The highest BCUT2D eigenvalue weighted by Gasteiger charge is 2.30. The molecule has 0 N–H and O–H groups in total. The van der Waals surface area contributed by atoms with Crippen LogP contribution in [0.15, 0.2) is 52.5 Å². The summed E-state index contributed by atoms with van der Waals surface area (Å²) in [6, 6.07) is 10.8. The summed E-state index contributed by atoms with van der Waals surface area (Å²) in [6.45, 7) is 4.92. The van der Waals surface area contributed by atoms with Crippen molar-refractivity contribution in [1.29, 1.82) is 0 Å². The molecule has 0 radical (unpaired) electrons. The number of aromatic nitrogens is 2. The third-order valence-electron chi connectivity index (χ3n) is 4.74. The van der Waals surface area contributed by atoms with Crippen LogP contribution in [0.3, 0.4) is 0 Å². The molecular formula is C21H19N3OS. The third kappa shape index (κ3) is 2.46. The number of aryl methyl sites for hydroxylation is 3. The number of fused-ring (bicyclic) bond motifs is 3. The predicted octanol–water partition coefficient (Wildman–Crippen LogP) is 5.35. The Morgan fingerprint density at radius 2 is 1.69 bits per heavy atom. The van der Waals surface area contributed by atoms with E-state index in [1.807, 2.05) is 12.4 Å². The highest BCUT2D eigenvalue weighted by molar-refractivity contribution is 7.99. The Kier molecular flexibility index (Phi) is 3.64. The lowest BCUT2D eigenvalue weighted by Crippen LogP contribution is -2.20. The molecule has 0 saturated heterocycles. The van der Waals surface area contributed by atoms with Gasteiger partial charge in [-0.05, 0) is 61.6 Å². The van der Waals surface area contributed by atoms with Gasteiger partial charge in [0, 0.05) is 12.4 Å². The second-order valence-electron chi connectivity index (χ2n) is 6.82. The minimum absolute atomic E-state index is 0.759. The van der Waals surface area contributed by atoms with Gasteiger partial charge < -0.3 is 4.74 Å². The normalized spacial score (nSPS) is 14.9. The number of benzene rings is 1. The van der Waals surface area contributed by atoms with Gasteiger partial charge in [-0.25, -0.2) is 9.97 Å². The van der Waals surface area contributed by atoms with Crippen LogP contribution in [-0.4, -0.2) is 16.6 Å². The maximum absolute atomic E-state index is 6.08. The van der Waals surface area contributed by atoms with E-state index in [0.29, 0.717) is 0 Å². The molecule has 0 bridgehead atoms. The smallest absolute Gasteiger partial charge is 0.152 e. The minimum atomic E-state index is 0.759. The first kappa shape index (κ1) is 15.7. The van der Waals surface area contributed by atoms with Crippen LogP contribution >= 0.6 is 11.8 Å². The lowest BCUT2D eigenvalue weighted by molar-refractivity contribution is 0.289. The zero-order valence-corrected chi connectivity index (χ0v) is 15.6. The van der Waals surface area contributed by atoms with Crippen molar-refractivity contribution >= 4 is 29.1 Å². The highest BCUT2D eigenvalue weighted by atomic mass is 32.2. The fourth-order valence-electron chi connectivity index (χ4n) is 3.55. The molecule has 0 fully saturated rings. The summed E-state index contributed by atoms with van der Waals surface area (Å²) in [7, 11) is 0. The van der Waals surface area contributed by atoms with E-state index < -0.39 is 0 Å². The van der Waals surface area contributed by atoms with Gasteiger partial charge in [0.1, 0.15) is 5.75 Å². The number of rotatable bonds is 1. The number of hydrogen-bond donors (Lipinski definition) is 0. The number of nitrogens with zero attached hydrogens (tertiary/aromatic N) is 3. The van der Waals surface area contributed by atoms with Gasteiger partial charge in [-0.15, -0.1) is 0 Å². The summed E-state index contributed by atoms with van der Waals surface area (Å²) in [5, 5.41) is 0. The van der Waals surface area contributed by atoms with E-state index in [9.17, 15) is 0 Å². The van der Waals surface area contributed by atoms with Gasteiger partial charge >= 0.3 is 0 Å². The molecular weight excluding hydrogens is 342 g/mol. The molecule has 4 heterocycles. The quantitative estimate of drug-likeness (QED) is 0.457. The lowest BCUT2D eigenvalue weighted by Gasteiger charge is -2.33. The molecule has 130 valence electrons. The molecule has 5 rings (SSSR count). The van der Waals surface area contributed by atoms with Crippen molar-refractivity contribution in [2.45, 2.75) is 36.5 Å². The van der Waals surface area contributed by atoms with Gasteiger partial charge in [-0.1, -0.05) is 23.9 Å². The second-order valence-corrected chi connectivity index (χ2v) is 7.91. The van der Waals surface area contributed by atoms with Crippen LogP contribution in [0.2, 0.25) is 0 Å². The average molecular weight is 361 g/mol. The molecule has 5 heteroatoms. The Hall–Kier alpha value is -2.53. The Bertz CT molecular complexity index is 967. The lowest BCUT2D eigenvalue weighted by atomic mass is 10.0. The fraction of sp³-hybridized carbons (Fsp3) is 0.238. The Labute approximate surface area is 157 Å². The second kappa shape index (κ2) is 6.02. The van der Waals surface area contributed by atoms with Crippen LogP contribution in [0.5, 0.6) is 5.75 Å². The van der Waals surface area contributed by atoms with Gasteiger partial charge in [-0.3, -0.25) is 4.90 Å². The number of anilines is 3. The number of para-hydroxylation sites is 1. The van der Waals surface area contributed by atoms with E-state index >= 15 is 0 Å². The Morgan fingerprint density at radius 1 is 1.00 bits per heavy atom. The Balaban J connectivity index is 1.77. The van der Waals surface area contributed by atoms with Gasteiger partial charge in [0.05, 0.1) is 22.1 Å². The van der Waals surface area contributed by atoms with E-state index in [0.717, 1.165) is 63.4 Å². The molecule has 3 aromatic rings. The molecule has 2 aliphatic heterocycles. The zero-order chi connectivity index (χ0) is 17.7. The topological polar surface area (TPSA) is 38.2 Å². The molecule has 1 aromatic carbocycles. The zero-order valence-electron chi connectivity index (χ0n) is 14.8. The first-order valence-corrected chi connectivity index (χ1v) is 9.68. The van der Waals surface area contributed by atoms with Crippen LogP contribution in [0.25, 0.3) is 0 Å². The fourth-order valence-corrected chi connectivity index (χ4v) is 4.75. The molecule has 2 aromatic heterocycles. The first-order chi connectivity index (χ1) is 12.7. The molecule has 0 atom stereocenters. The molecule has 0 spiro atoms. The van der Waals surface area contributed by atoms with Crippen molar-refractivity contribution in [2.24, 2.45) is 0 Å². The summed E-state index contributed by atoms with van der Waals surface area (Å²) in [6.07, 6.45) is 5.95. The van der Waals surface area contributed by atoms with E-state index in [1.54, 1.807) is 11.8 Å². The van der Waals surface area contributed by atoms with Gasteiger partial charge in [0.25, 0.3) is 0 Å². The van der Waals surface area contributed by atoms with Crippen molar-refractivity contribution in [1.82, 2.24) is 9.97 Å². The van der Waals surface area contributed by atoms with Crippen molar-refractivity contribution < 1.29 is 4.74 Å². The first-order valence-electron chi connectivity index (χ1n) is 8.87. The van der Waals surface area contributed by atoms with Crippen LogP contribution < -0.4 is 9.64 Å². The summed E-state index contributed by atoms with van der Waals surface area (Å²) in [4.78, 5) is 14.0. The van der Waals surface area contributed by atoms with Crippen molar-refractivity contribution in [3.05, 3.63) is 59.4 Å². The number of ether oxygens (including phenoxy) is 1. The molecule has 0 aliphatic carbocycles. The molecule has 0 unspecified atom stereocenters. The summed E-state index contributed by atoms with van der Waals surface area (Å²) >= 11 is 1.74.